The van der Waals surface area contributed by atoms with Crippen molar-refractivity contribution in [2.24, 2.45) is 10.9 Å². The lowest BCUT2D eigenvalue weighted by Crippen LogP contribution is -2.36. The van der Waals surface area contributed by atoms with Crippen LogP contribution < -0.4 is 5.56 Å². The van der Waals surface area contributed by atoms with E-state index in [9.17, 15) is 9.59 Å². The molecule has 0 spiro atoms. The van der Waals surface area contributed by atoms with Gasteiger partial charge in [0.15, 0.2) is 11.0 Å². The maximum absolute atomic E-state index is 13.0. The molecule has 2 atom stereocenters. The Morgan fingerprint density at radius 2 is 2.00 bits per heavy atom. The molecule has 2 aromatic rings. The Labute approximate surface area is 179 Å². The first-order valence-corrected chi connectivity index (χ1v) is 11.1. The molecule has 1 N–H and O–H groups in total. The standard InChI is InChI=1S/C21H24ClN3O3S/c1-4-6-11-29-21-24-18-17(19(26)25-21)16(13-7-9-14(22)10-8-13)15(12(3)23-18)20(27)28-5-2/h7-10,15-16H,4-6,11H2,1-3H3,(H,24,25,26). The van der Waals surface area contributed by atoms with Gasteiger partial charge in [0.25, 0.3) is 5.56 Å². The molecular weight excluding hydrogens is 410 g/mol. The van der Waals surface area contributed by atoms with Gasteiger partial charge in [-0.05, 0) is 38.0 Å². The summed E-state index contributed by atoms with van der Waals surface area (Å²) in [4.78, 5) is 37.8. The molecule has 29 heavy (non-hydrogen) atoms. The van der Waals surface area contributed by atoms with Gasteiger partial charge < -0.3 is 9.72 Å². The molecule has 2 heterocycles. The molecule has 1 aliphatic heterocycles. The smallest absolute Gasteiger partial charge is 0.315 e. The molecule has 154 valence electrons. The van der Waals surface area contributed by atoms with Gasteiger partial charge in [-0.2, -0.15) is 0 Å². The summed E-state index contributed by atoms with van der Waals surface area (Å²) in [5.74, 6) is -0.395. The molecule has 0 fully saturated rings. The molecule has 0 aliphatic carbocycles. The highest BCUT2D eigenvalue weighted by atomic mass is 35.5. The van der Waals surface area contributed by atoms with E-state index in [0.29, 0.717) is 27.3 Å². The summed E-state index contributed by atoms with van der Waals surface area (Å²) in [6.07, 6.45) is 2.10. The number of carbonyl (C=O) groups is 1. The van der Waals surface area contributed by atoms with Crippen molar-refractivity contribution in [1.82, 2.24) is 9.97 Å². The van der Waals surface area contributed by atoms with E-state index in [1.807, 2.05) is 12.1 Å². The van der Waals surface area contributed by atoms with Crippen LogP contribution in [0.25, 0.3) is 0 Å². The van der Waals surface area contributed by atoms with Crippen LogP contribution in [-0.4, -0.2) is 34.0 Å². The molecule has 6 nitrogen and oxygen atoms in total. The Balaban J connectivity index is 2.12. The van der Waals surface area contributed by atoms with Gasteiger partial charge in [0.05, 0.1) is 12.2 Å². The summed E-state index contributed by atoms with van der Waals surface area (Å²) < 4.78 is 5.29. The van der Waals surface area contributed by atoms with Crippen LogP contribution in [0.1, 0.15) is 50.7 Å². The SMILES string of the molecule is CCCCSc1nc2c(c(=O)[nH]1)C(c1ccc(Cl)cc1)C(C(=O)OCC)C(C)=N2. The highest BCUT2D eigenvalue weighted by Gasteiger charge is 2.41. The monoisotopic (exact) mass is 433 g/mol. The quantitative estimate of drug-likeness (QED) is 0.295. The molecule has 3 rings (SSSR count). The first-order valence-electron chi connectivity index (χ1n) is 9.70. The summed E-state index contributed by atoms with van der Waals surface area (Å²) in [5, 5.41) is 1.13. The third-order valence-corrected chi connectivity index (χ3v) is 6.01. The third-order valence-electron chi connectivity index (χ3n) is 4.80. The van der Waals surface area contributed by atoms with Crippen LogP contribution >= 0.6 is 23.4 Å². The number of aromatic nitrogens is 2. The molecule has 0 amide bonds. The molecule has 1 aliphatic rings. The van der Waals surface area contributed by atoms with Crippen LogP contribution in [0.15, 0.2) is 39.2 Å². The van der Waals surface area contributed by atoms with E-state index < -0.39 is 17.8 Å². The van der Waals surface area contributed by atoms with Crippen molar-refractivity contribution in [3.8, 4) is 0 Å². The highest BCUT2D eigenvalue weighted by Crippen LogP contribution is 2.41. The van der Waals surface area contributed by atoms with Gasteiger partial charge in [0, 0.05) is 22.4 Å². The number of aromatic amines is 1. The minimum atomic E-state index is -0.690. The van der Waals surface area contributed by atoms with Gasteiger partial charge in [-0.25, -0.2) is 9.98 Å². The number of unbranched alkanes of at least 4 members (excludes halogenated alkanes) is 1. The maximum Gasteiger partial charge on any atom is 0.315 e. The topological polar surface area (TPSA) is 84.4 Å². The van der Waals surface area contributed by atoms with E-state index in [0.717, 1.165) is 24.2 Å². The second kappa shape index (κ2) is 9.59. The molecule has 0 saturated heterocycles. The Kier molecular flexibility index (Phi) is 7.14. The van der Waals surface area contributed by atoms with E-state index in [2.05, 4.69) is 21.9 Å². The van der Waals surface area contributed by atoms with Gasteiger partial charge in [0.1, 0.15) is 5.92 Å². The van der Waals surface area contributed by atoms with Crippen LogP contribution in [0, 0.1) is 5.92 Å². The molecule has 0 saturated carbocycles. The van der Waals surface area contributed by atoms with Crippen LogP contribution in [0.3, 0.4) is 0 Å². The molecule has 0 bridgehead atoms. The molecule has 8 heteroatoms. The number of carbonyl (C=O) groups excluding carboxylic acids is 1. The lowest BCUT2D eigenvalue weighted by molar-refractivity contribution is -0.146. The number of hydrogen-bond donors (Lipinski definition) is 1. The van der Waals surface area contributed by atoms with Gasteiger partial charge in [-0.3, -0.25) is 9.59 Å². The van der Waals surface area contributed by atoms with Gasteiger partial charge in [0.2, 0.25) is 0 Å². The number of benzene rings is 1. The zero-order valence-corrected chi connectivity index (χ0v) is 18.3. The summed E-state index contributed by atoms with van der Waals surface area (Å²) >= 11 is 7.54. The number of H-pyrrole nitrogens is 1. The largest absolute Gasteiger partial charge is 0.465 e. The van der Waals surface area contributed by atoms with Crippen molar-refractivity contribution in [2.75, 3.05) is 12.4 Å². The second-order valence-electron chi connectivity index (χ2n) is 6.82. The number of aliphatic imine (C=N–C) groups is 1. The average molecular weight is 434 g/mol. The molecule has 1 aromatic carbocycles. The molecular formula is C21H24ClN3O3S. The predicted octanol–water partition coefficient (Wildman–Crippen LogP) is 4.73. The van der Waals surface area contributed by atoms with Crippen molar-refractivity contribution in [3.05, 3.63) is 50.8 Å². The number of thioether (sulfide) groups is 1. The second-order valence-corrected chi connectivity index (χ2v) is 8.34. The Hall–Kier alpha value is -2.12. The minimum absolute atomic E-state index is 0.254. The number of halogens is 1. The lowest BCUT2D eigenvalue weighted by atomic mass is 9.77. The van der Waals surface area contributed by atoms with Crippen molar-refractivity contribution in [3.63, 3.8) is 0 Å². The predicted molar refractivity (Wildman–Crippen MR) is 117 cm³/mol. The van der Waals surface area contributed by atoms with E-state index in [-0.39, 0.29) is 12.2 Å². The van der Waals surface area contributed by atoms with Crippen molar-refractivity contribution >= 4 is 40.9 Å². The zero-order chi connectivity index (χ0) is 21.0. The van der Waals surface area contributed by atoms with Crippen LogP contribution in [-0.2, 0) is 9.53 Å². The average Bonchev–Trinajstić information content (AvgIpc) is 2.68. The van der Waals surface area contributed by atoms with E-state index >= 15 is 0 Å². The van der Waals surface area contributed by atoms with Crippen molar-refractivity contribution in [1.29, 1.82) is 0 Å². The Morgan fingerprint density at radius 1 is 1.28 bits per heavy atom. The Morgan fingerprint density at radius 3 is 2.66 bits per heavy atom. The van der Waals surface area contributed by atoms with Gasteiger partial charge in [-0.1, -0.05) is 48.8 Å². The third kappa shape index (κ3) is 4.73. The van der Waals surface area contributed by atoms with E-state index in [1.165, 1.54) is 11.8 Å². The number of ether oxygens (including phenoxy) is 1. The summed E-state index contributed by atoms with van der Waals surface area (Å²) in [6.45, 7) is 5.90. The number of fused-ring (bicyclic) bond motifs is 1. The normalized spacial score (nSPS) is 18.1. The lowest BCUT2D eigenvalue weighted by Gasteiger charge is -2.30. The first kappa shape index (κ1) is 21.6. The maximum atomic E-state index is 13.0. The number of nitrogens with zero attached hydrogens (tertiary/aromatic N) is 2. The fourth-order valence-corrected chi connectivity index (χ4v) is 4.48. The summed E-state index contributed by atoms with van der Waals surface area (Å²) in [5.41, 5.74) is 1.48. The fraction of sp³-hybridized carbons (Fsp3) is 0.429. The van der Waals surface area contributed by atoms with Crippen LogP contribution in [0.4, 0.5) is 5.82 Å². The molecule has 2 unspecified atom stereocenters. The van der Waals surface area contributed by atoms with Crippen LogP contribution in [0.2, 0.25) is 5.02 Å². The highest BCUT2D eigenvalue weighted by molar-refractivity contribution is 7.99. The molecule has 1 aromatic heterocycles. The number of hydrogen-bond acceptors (Lipinski definition) is 6. The fourth-order valence-electron chi connectivity index (χ4n) is 3.41. The number of esters is 1. The van der Waals surface area contributed by atoms with Crippen LogP contribution in [0.5, 0.6) is 0 Å². The number of nitrogens with one attached hydrogen (secondary N) is 1. The zero-order valence-electron chi connectivity index (χ0n) is 16.7. The first-order chi connectivity index (χ1) is 14.0. The van der Waals surface area contributed by atoms with Crippen molar-refractivity contribution in [2.45, 2.75) is 44.7 Å². The van der Waals surface area contributed by atoms with E-state index in [1.54, 1.807) is 26.0 Å². The van der Waals surface area contributed by atoms with E-state index in [4.69, 9.17) is 16.3 Å². The Bertz CT molecular complexity index is 972. The summed E-state index contributed by atoms with van der Waals surface area (Å²) in [6, 6.07) is 7.14. The minimum Gasteiger partial charge on any atom is -0.465 e. The molecule has 0 radical (unpaired) electrons. The number of rotatable bonds is 7. The van der Waals surface area contributed by atoms with Crippen molar-refractivity contribution < 1.29 is 9.53 Å². The van der Waals surface area contributed by atoms with Gasteiger partial charge in [-0.15, -0.1) is 0 Å². The summed E-state index contributed by atoms with van der Waals surface area (Å²) in [7, 11) is 0. The van der Waals surface area contributed by atoms with Gasteiger partial charge >= 0.3 is 5.97 Å².